The highest BCUT2D eigenvalue weighted by Crippen LogP contribution is 2.39. The van der Waals surface area contributed by atoms with Crippen LogP contribution in [-0.4, -0.2) is 0 Å². The minimum atomic E-state index is 0.779. The third-order valence-corrected chi connectivity index (χ3v) is 6.07. The van der Waals surface area contributed by atoms with Crippen LogP contribution in [0.4, 0.5) is 0 Å². The number of fused-ring (bicyclic) bond motifs is 1. The number of halogens is 1. The van der Waals surface area contributed by atoms with Crippen LogP contribution < -0.4 is 0 Å². The Balaban J connectivity index is 1.67. The summed E-state index contributed by atoms with van der Waals surface area (Å²) in [5, 5.41) is 2.71. The molecule has 0 spiro atoms. The van der Waals surface area contributed by atoms with Gasteiger partial charge in [-0.2, -0.15) is 0 Å². The Morgan fingerprint density at radius 2 is 1.68 bits per heavy atom. The minimum Gasteiger partial charge on any atom is -0.0651 e. The second kappa shape index (κ2) is 7.17. The van der Waals surface area contributed by atoms with E-state index in [0.717, 1.165) is 17.8 Å². The van der Waals surface area contributed by atoms with Crippen molar-refractivity contribution in [2.24, 2.45) is 11.8 Å². The Morgan fingerprint density at radius 1 is 1.00 bits per heavy atom. The van der Waals surface area contributed by atoms with Crippen molar-refractivity contribution in [1.29, 1.82) is 0 Å². The zero-order valence-corrected chi connectivity index (χ0v) is 15.4. The van der Waals surface area contributed by atoms with Crippen molar-refractivity contribution in [3.63, 3.8) is 0 Å². The molecule has 1 unspecified atom stereocenters. The fraction of sp³-hybridized carbons (Fsp3) is 0.524. The molecule has 1 fully saturated rings. The summed E-state index contributed by atoms with van der Waals surface area (Å²) in [6.45, 7) is 4.73. The van der Waals surface area contributed by atoms with Crippen LogP contribution in [0.25, 0.3) is 10.8 Å². The predicted octanol–water partition coefficient (Wildman–Crippen LogP) is 7.31. The average molecular weight is 359 g/mol. The summed E-state index contributed by atoms with van der Waals surface area (Å²) in [4.78, 5) is 0. The highest BCUT2D eigenvalue weighted by atomic mass is 79.9. The van der Waals surface area contributed by atoms with Gasteiger partial charge >= 0.3 is 0 Å². The van der Waals surface area contributed by atoms with Crippen molar-refractivity contribution in [3.8, 4) is 0 Å². The molecule has 2 aromatic carbocycles. The lowest BCUT2D eigenvalue weighted by molar-refractivity contribution is 0.273. The second-order valence-corrected chi connectivity index (χ2v) is 8.13. The van der Waals surface area contributed by atoms with Gasteiger partial charge in [-0.15, -0.1) is 0 Å². The van der Waals surface area contributed by atoms with Crippen LogP contribution in [0.2, 0.25) is 0 Å². The van der Waals surface area contributed by atoms with Gasteiger partial charge in [-0.3, -0.25) is 0 Å². The monoisotopic (exact) mass is 358 g/mol. The molecule has 1 atom stereocenters. The third kappa shape index (κ3) is 3.74. The Kier molecular flexibility index (Phi) is 5.23. The molecule has 0 radical (unpaired) electrons. The largest absolute Gasteiger partial charge is 0.0651 e. The Morgan fingerprint density at radius 3 is 2.41 bits per heavy atom. The lowest BCUT2D eigenvalue weighted by Crippen LogP contribution is -2.15. The third-order valence-electron chi connectivity index (χ3n) is 5.58. The maximum absolute atomic E-state index is 3.56. The van der Waals surface area contributed by atoms with E-state index in [1.54, 1.807) is 5.56 Å². The van der Waals surface area contributed by atoms with Crippen molar-refractivity contribution >= 4 is 26.7 Å². The molecule has 118 valence electrons. The van der Waals surface area contributed by atoms with Gasteiger partial charge in [-0.1, -0.05) is 60.5 Å². The molecule has 0 nitrogen and oxygen atoms in total. The van der Waals surface area contributed by atoms with Crippen molar-refractivity contribution < 1.29 is 0 Å². The molecule has 3 rings (SSSR count). The van der Waals surface area contributed by atoms with Gasteiger partial charge in [0.25, 0.3) is 0 Å². The average Bonchev–Trinajstić information content (AvgIpc) is 2.55. The highest BCUT2D eigenvalue weighted by Gasteiger charge is 2.23. The van der Waals surface area contributed by atoms with Crippen LogP contribution in [0.5, 0.6) is 0 Å². The summed E-state index contributed by atoms with van der Waals surface area (Å²) >= 11 is 3.56. The first kappa shape index (κ1) is 16.1. The summed E-state index contributed by atoms with van der Waals surface area (Å²) in [6, 6.07) is 13.7. The van der Waals surface area contributed by atoms with Gasteiger partial charge in [0.15, 0.2) is 0 Å². The van der Waals surface area contributed by atoms with Crippen LogP contribution in [0.3, 0.4) is 0 Å². The summed E-state index contributed by atoms with van der Waals surface area (Å²) in [6.07, 6.45) is 8.38. The van der Waals surface area contributed by atoms with Crippen molar-refractivity contribution in [2.45, 2.75) is 58.3 Å². The Labute approximate surface area is 143 Å². The molecule has 0 bridgehead atoms. The van der Waals surface area contributed by atoms with Crippen LogP contribution in [0, 0.1) is 11.8 Å². The normalized spacial score (nSPS) is 23.6. The Bertz CT molecular complexity index is 623. The molecule has 0 N–H and O–H groups in total. The summed E-state index contributed by atoms with van der Waals surface area (Å²) < 4.78 is 1.17. The quantitative estimate of drug-likeness (QED) is 0.537. The molecule has 22 heavy (non-hydrogen) atoms. The van der Waals surface area contributed by atoms with Gasteiger partial charge in [0.05, 0.1) is 0 Å². The lowest BCUT2D eigenvalue weighted by Gasteiger charge is -2.30. The standard InChI is InChI=1S/C21H27Br/c1-3-15(2)12-16-4-6-17(7-5-16)18-8-9-20-14-21(22)11-10-19(20)13-18/h8-11,13-17H,3-7,12H2,1-2H3/t15?,16-,17-. The first-order valence-electron chi connectivity index (χ1n) is 8.85. The molecule has 2 aromatic rings. The van der Waals surface area contributed by atoms with Gasteiger partial charge in [-0.25, -0.2) is 0 Å². The molecule has 0 amide bonds. The summed E-state index contributed by atoms with van der Waals surface area (Å²) in [5.74, 6) is 2.66. The molecule has 0 aliphatic heterocycles. The lowest BCUT2D eigenvalue weighted by atomic mass is 9.75. The first-order chi connectivity index (χ1) is 10.7. The maximum atomic E-state index is 3.56. The molecule has 0 aromatic heterocycles. The molecule has 1 aliphatic carbocycles. The zero-order valence-electron chi connectivity index (χ0n) is 13.8. The van der Waals surface area contributed by atoms with E-state index in [2.05, 4.69) is 66.2 Å². The highest BCUT2D eigenvalue weighted by molar-refractivity contribution is 9.10. The van der Waals surface area contributed by atoms with Gasteiger partial charge in [0, 0.05) is 4.47 Å². The molecule has 1 aliphatic rings. The van der Waals surface area contributed by atoms with Crippen molar-refractivity contribution in [3.05, 3.63) is 46.4 Å². The van der Waals surface area contributed by atoms with E-state index in [9.17, 15) is 0 Å². The second-order valence-electron chi connectivity index (χ2n) is 7.22. The SMILES string of the molecule is CCC(C)C[C@H]1CC[C@H](c2ccc3cc(Br)ccc3c2)CC1. The van der Waals surface area contributed by atoms with Crippen LogP contribution in [0.15, 0.2) is 40.9 Å². The number of hydrogen-bond acceptors (Lipinski definition) is 0. The van der Waals surface area contributed by atoms with Gasteiger partial charge in [0.2, 0.25) is 0 Å². The molecule has 1 saturated carbocycles. The van der Waals surface area contributed by atoms with E-state index in [1.807, 2.05) is 0 Å². The van der Waals surface area contributed by atoms with E-state index in [4.69, 9.17) is 0 Å². The molecule has 0 saturated heterocycles. The minimum absolute atomic E-state index is 0.779. The first-order valence-corrected chi connectivity index (χ1v) is 9.64. The maximum Gasteiger partial charge on any atom is 0.0181 e. The van der Waals surface area contributed by atoms with Gasteiger partial charge in [0.1, 0.15) is 0 Å². The van der Waals surface area contributed by atoms with E-state index < -0.39 is 0 Å². The number of benzene rings is 2. The van der Waals surface area contributed by atoms with Crippen LogP contribution in [0.1, 0.15) is 63.9 Å². The Hall–Kier alpha value is -0.820. The predicted molar refractivity (Wildman–Crippen MR) is 100 cm³/mol. The molecular weight excluding hydrogens is 332 g/mol. The zero-order chi connectivity index (χ0) is 15.5. The molecule has 1 heteroatoms. The smallest absolute Gasteiger partial charge is 0.0181 e. The van der Waals surface area contributed by atoms with E-state index >= 15 is 0 Å². The van der Waals surface area contributed by atoms with Gasteiger partial charge < -0.3 is 0 Å². The fourth-order valence-corrected chi connectivity index (χ4v) is 4.33. The topological polar surface area (TPSA) is 0 Å². The number of hydrogen-bond donors (Lipinski definition) is 0. The fourth-order valence-electron chi connectivity index (χ4n) is 3.96. The summed E-state index contributed by atoms with van der Waals surface area (Å²) in [5.41, 5.74) is 1.55. The van der Waals surface area contributed by atoms with E-state index in [-0.39, 0.29) is 0 Å². The summed E-state index contributed by atoms with van der Waals surface area (Å²) in [7, 11) is 0. The van der Waals surface area contributed by atoms with Crippen molar-refractivity contribution in [2.75, 3.05) is 0 Å². The number of rotatable bonds is 4. The van der Waals surface area contributed by atoms with Gasteiger partial charge in [-0.05, 0) is 78.3 Å². The van der Waals surface area contributed by atoms with E-state index in [1.165, 1.54) is 53.8 Å². The van der Waals surface area contributed by atoms with Crippen LogP contribution >= 0.6 is 15.9 Å². The molecule has 0 heterocycles. The van der Waals surface area contributed by atoms with Crippen LogP contribution in [-0.2, 0) is 0 Å². The molecular formula is C21H27Br. The van der Waals surface area contributed by atoms with Crippen molar-refractivity contribution in [1.82, 2.24) is 0 Å². The van der Waals surface area contributed by atoms with E-state index in [0.29, 0.717) is 0 Å².